The average Bonchev–Trinajstić information content (AvgIpc) is 2.31. The van der Waals surface area contributed by atoms with E-state index in [-0.39, 0.29) is 18.2 Å². The molecule has 0 spiro atoms. The van der Waals surface area contributed by atoms with Crippen molar-refractivity contribution in [3.8, 4) is 0 Å². The molecule has 0 saturated carbocycles. The fourth-order valence-corrected chi connectivity index (χ4v) is 2.18. The molecule has 1 aromatic carbocycles. The molecule has 110 valence electrons. The van der Waals surface area contributed by atoms with E-state index in [0.29, 0.717) is 6.54 Å². The van der Waals surface area contributed by atoms with E-state index in [1.54, 1.807) is 0 Å². The lowest BCUT2D eigenvalue weighted by Gasteiger charge is -2.17. The molecule has 0 aliphatic rings. The molecule has 0 fully saturated rings. The molecule has 0 atom stereocenters. The summed E-state index contributed by atoms with van der Waals surface area (Å²) in [5, 5.41) is 5.62. The third-order valence-corrected chi connectivity index (χ3v) is 3.45. The summed E-state index contributed by atoms with van der Waals surface area (Å²) in [6.45, 7) is 7.84. The first-order valence-electron chi connectivity index (χ1n) is 6.54. The number of carbonyl (C=O) groups excluding carboxylic acids is 2. The first kappa shape index (κ1) is 16.9. The molecule has 0 bridgehead atoms. The second-order valence-corrected chi connectivity index (χ2v) is 7.01. The Morgan fingerprint density at radius 3 is 2.45 bits per heavy atom. The van der Waals surface area contributed by atoms with Crippen molar-refractivity contribution in [3.05, 3.63) is 27.3 Å². The smallest absolute Gasteiger partial charge is 0.226 e. The van der Waals surface area contributed by atoms with Crippen LogP contribution in [0.3, 0.4) is 0 Å². The molecule has 20 heavy (non-hydrogen) atoms. The Morgan fingerprint density at radius 1 is 1.25 bits per heavy atom. The van der Waals surface area contributed by atoms with Crippen molar-refractivity contribution >= 4 is 40.1 Å². The highest BCUT2D eigenvalue weighted by atomic mass is 127. The molecule has 0 aliphatic carbocycles. The number of amides is 2. The molecule has 0 radical (unpaired) electrons. The second-order valence-electron chi connectivity index (χ2n) is 5.76. The van der Waals surface area contributed by atoms with Crippen LogP contribution < -0.4 is 10.6 Å². The molecule has 0 aromatic heterocycles. The molecule has 5 heteroatoms. The van der Waals surface area contributed by atoms with Crippen molar-refractivity contribution in [3.63, 3.8) is 0 Å². The van der Waals surface area contributed by atoms with E-state index in [1.165, 1.54) is 0 Å². The van der Waals surface area contributed by atoms with Crippen LogP contribution >= 0.6 is 22.6 Å². The number of nitrogens with one attached hydrogen (secondary N) is 2. The van der Waals surface area contributed by atoms with Crippen LogP contribution in [0, 0.1) is 15.9 Å². The summed E-state index contributed by atoms with van der Waals surface area (Å²) in [6, 6.07) is 5.85. The zero-order valence-electron chi connectivity index (χ0n) is 12.3. The summed E-state index contributed by atoms with van der Waals surface area (Å²) >= 11 is 2.23. The van der Waals surface area contributed by atoms with Crippen molar-refractivity contribution in [2.75, 3.05) is 11.9 Å². The number of carbonyl (C=O) groups is 2. The van der Waals surface area contributed by atoms with Crippen LogP contribution in [0.1, 0.15) is 32.8 Å². The highest BCUT2D eigenvalue weighted by Gasteiger charge is 2.20. The number of benzene rings is 1. The van der Waals surface area contributed by atoms with Gasteiger partial charge in [0.2, 0.25) is 11.8 Å². The van der Waals surface area contributed by atoms with Crippen molar-refractivity contribution in [2.24, 2.45) is 5.41 Å². The monoisotopic (exact) mass is 388 g/mol. The summed E-state index contributed by atoms with van der Waals surface area (Å²) in [4.78, 5) is 23.5. The molecular formula is C15H21IN2O2. The maximum Gasteiger partial charge on any atom is 0.226 e. The van der Waals surface area contributed by atoms with Gasteiger partial charge in [0.15, 0.2) is 0 Å². The summed E-state index contributed by atoms with van der Waals surface area (Å²) in [7, 11) is 0. The van der Waals surface area contributed by atoms with Gasteiger partial charge in [-0.3, -0.25) is 9.59 Å². The SMILES string of the molecule is Cc1cc(I)ccc1NC(=O)CCNC(=O)C(C)(C)C. The maximum atomic E-state index is 11.8. The third kappa shape index (κ3) is 5.48. The van der Waals surface area contributed by atoms with Gasteiger partial charge in [0, 0.05) is 27.6 Å². The first-order chi connectivity index (χ1) is 9.20. The van der Waals surface area contributed by atoms with Gasteiger partial charge in [-0.2, -0.15) is 0 Å². The van der Waals surface area contributed by atoms with Gasteiger partial charge >= 0.3 is 0 Å². The van der Waals surface area contributed by atoms with Crippen LogP contribution in [0.4, 0.5) is 5.69 Å². The fraction of sp³-hybridized carbons (Fsp3) is 0.467. The van der Waals surface area contributed by atoms with Gasteiger partial charge < -0.3 is 10.6 Å². The molecule has 0 aliphatic heterocycles. The number of halogens is 1. The lowest BCUT2D eigenvalue weighted by molar-refractivity contribution is -0.128. The molecule has 2 amide bonds. The van der Waals surface area contributed by atoms with Crippen LogP contribution in [0.5, 0.6) is 0 Å². The molecule has 2 N–H and O–H groups in total. The van der Waals surface area contributed by atoms with Gasteiger partial charge in [0.05, 0.1) is 0 Å². The Morgan fingerprint density at radius 2 is 1.90 bits per heavy atom. The normalized spacial score (nSPS) is 11.1. The summed E-state index contributed by atoms with van der Waals surface area (Å²) in [6.07, 6.45) is 0.271. The number of rotatable bonds is 4. The van der Waals surface area contributed by atoms with Crippen LogP contribution in [0.2, 0.25) is 0 Å². The lowest BCUT2D eigenvalue weighted by Crippen LogP contribution is -2.36. The van der Waals surface area contributed by atoms with Crippen LogP contribution in [-0.2, 0) is 9.59 Å². The Bertz CT molecular complexity index is 507. The van der Waals surface area contributed by atoms with E-state index in [1.807, 2.05) is 45.9 Å². The topological polar surface area (TPSA) is 58.2 Å². The fourth-order valence-electron chi connectivity index (χ4n) is 1.53. The van der Waals surface area contributed by atoms with Gasteiger partial charge in [-0.05, 0) is 53.3 Å². The Hall–Kier alpha value is -1.11. The van der Waals surface area contributed by atoms with Gasteiger partial charge in [0.25, 0.3) is 0 Å². The van der Waals surface area contributed by atoms with E-state index in [4.69, 9.17) is 0 Å². The van der Waals surface area contributed by atoms with Crippen LogP contribution in [0.15, 0.2) is 18.2 Å². The van der Waals surface area contributed by atoms with Crippen molar-refractivity contribution in [2.45, 2.75) is 34.1 Å². The quantitative estimate of drug-likeness (QED) is 0.779. The summed E-state index contributed by atoms with van der Waals surface area (Å²) < 4.78 is 1.13. The highest BCUT2D eigenvalue weighted by Crippen LogP contribution is 2.17. The first-order valence-corrected chi connectivity index (χ1v) is 7.62. The van der Waals surface area contributed by atoms with Gasteiger partial charge in [-0.1, -0.05) is 20.8 Å². The van der Waals surface area contributed by atoms with E-state index in [9.17, 15) is 9.59 Å². The van der Waals surface area contributed by atoms with E-state index >= 15 is 0 Å². The molecule has 0 heterocycles. The lowest BCUT2D eigenvalue weighted by atomic mass is 9.96. The van der Waals surface area contributed by atoms with Gasteiger partial charge in [-0.25, -0.2) is 0 Å². The Labute approximate surface area is 133 Å². The highest BCUT2D eigenvalue weighted by molar-refractivity contribution is 14.1. The summed E-state index contributed by atoms with van der Waals surface area (Å²) in [5.74, 6) is -0.140. The second kappa shape index (κ2) is 7.06. The van der Waals surface area contributed by atoms with Crippen molar-refractivity contribution < 1.29 is 9.59 Å². The minimum absolute atomic E-state index is 0.0456. The van der Waals surface area contributed by atoms with E-state index < -0.39 is 5.41 Å². The molecule has 4 nitrogen and oxygen atoms in total. The molecule has 0 unspecified atom stereocenters. The zero-order chi connectivity index (χ0) is 15.3. The molecule has 0 saturated heterocycles. The molecule has 1 rings (SSSR count). The third-order valence-electron chi connectivity index (χ3n) is 2.78. The van der Waals surface area contributed by atoms with E-state index in [2.05, 4.69) is 33.2 Å². The van der Waals surface area contributed by atoms with Gasteiger partial charge in [-0.15, -0.1) is 0 Å². The minimum atomic E-state index is -0.427. The largest absolute Gasteiger partial charge is 0.355 e. The standard InChI is InChI=1S/C15H21IN2O2/c1-10-9-11(16)5-6-12(10)18-13(19)7-8-17-14(20)15(2,3)4/h5-6,9H,7-8H2,1-4H3,(H,17,20)(H,18,19). The minimum Gasteiger partial charge on any atom is -0.355 e. The predicted molar refractivity (Wildman–Crippen MR) is 89.6 cm³/mol. The van der Waals surface area contributed by atoms with Crippen molar-refractivity contribution in [1.29, 1.82) is 0 Å². The van der Waals surface area contributed by atoms with Crippen LogP contribution in [-0.4, -0.2) is 18.4 Å². The Balaban J connectivity index is 2.43. The van der Waals surface area contributed by atoms with E-state index in [0.717, 1.165) is 14.8 Å². The number of anilines is 1. The predicted octanol–water partition coefficient (Wildman–Crippen LogP) is 3.09. The average molecular weight is 388 g/mol. The molecular weight excluding hydrogens is 367 g/mol. The maximum absolute atomic E-state index is 11.8. The number of hydrogen-bond acceptors (Lipinski definition) is 2. The number of hydrogen-bond donors (Lipinski definition) is 2. The zero-order valence-corrected chi connectivity index (χ0v) is 14.5. The summed E-state index contributed by atoms with van der Waals surface area (Å²) in [5.41, 5.74) is 1.42. The van der Waals surface area contributed by atoms with Crippen LogP contribution in [0.25, 0.3) is 0 Å². The van der Waals surface area contributed by atoms with Gasteiger partial charge in [0.1, 0.15) is 0 Å². The van der Waals surface area contributed by atoms with Crippen molar-refractivity contribution in [1.82, 2.24) is 5.32 Å². The number of aryl methyl sites for hydroxylation is 1. The molecule has 1 aromatic rings. The Kier molecular flexibility index (Phi) is 5.98.